The van der Waals surface area contributed by atoms with Crippen LogP contribution in [-0.2, 0) is 0 Å². The summed E-state index contributed by atoms with van der Waals surface area (Å²) in [6, 6.07) is 5.05. The molecular formula is C18H29N. The third-order valence-corrected chi connectivity index (χ3v) is 3.59. The molecule has 1 atom stereocenters. The van der Waals surface area contributed by atoms with E-state index in [0.29, 0.717) is 6.04 Å². The van der Waals surface area contributed by atoms with Crippen LogP contribution in [0.5, 0.6) is 0 Å². The predicted molar refractivity (Wildman–Crippen MR) is 85.7 cm³/mol. The van der Waals surface area contributed by atoms with Crippen LogP contribution in [0.4, 0.5) is 0 Å². The van der Waals surface area contributed by atoms with Gasteiger partial charge in [0.05, 0.1) is 0 Å². The normalized spacial score (nSPS) is 12.5. The van der Waals surface area contributed by atoms with Gasteiger partial charge in [0, 0.05) is 6.04 Å². The lowest BCUT2D eigenvalue weighted by atomic mass is 9.91. The predicted octanol–water partition coefficient (Wildman–Crippen LogP) is 5.01. The Hall–Kier alpha value is -1.08. The molecule has 0 spiro atoms. The number of hydrogen-bond donors (Lipinski definition) is 1. The lowest BCUT2D eigenvalue weighted by Crippen LogP contribution is -2.24. The molecule has 0 saturated heterocycles. The summed E-state index contributed by atoms with van der Waals surface area (Å²) in [7, 11) is 0. The number of rotatable bonds is 7. The van der Waals surface area contributed by atoms with E-state index in [1.807, 2.05) is 0 Å². The molecule has 0 radical (unpaired) electrons. The smallest absolute Gasteiger partial charge is 0.0328 e. The van der Waals surface area contributed by atoms with E-state index >= 15 is 0 Å². The highest BCUT2D eigenvalue weighted by Gasteiger charge is 2.15. The van der Waals surface area contributed by atoms with E-state index in [0.717, 1.165) is 19.4 Å². The van der Waals surface area contributed by atoms with Gasteiger partial charge in [-0.25, -0.2) is 0 Å². The van der Waals surface area contributed by atoms with Crippen molar-refractivity contribution in [3.05, 3.63) is 46.5 Å². The SMILES string of the molecule is C=C(C)CCC(NCCC)c1c(C)cc(C)cc1C. The average molecular weight is 259 g/mol. The minimum absolute atomic E-state index is 0.456. The monoisotopic (exact) mass is 259 g/mol. The van der Waals surface area contributed by atoms with E-state index in [9.17, 15) is 0 Å². The standard InChI is InChI=1S/C18H29N/c1-7-10-19-17(9-8-13(2)3)18-15(5)11-14(4)12-16(18)6/h11-12,17,19H,2,7-10H2,1,3-6H3. The van der Waals surface area contributed by atoms with Crippen molar-refractivity contribution < 1.29 is 0 Å². The first-order chi connectivity index (χ1) is 8.95. The van der Waals surface area contributed by atoms with Crippen molar-refractivity contribution >= 4 is 0 Å². The second kappa shape index (κ2) is 7.49. The van der Waals surface area contributed by atoms with Crippen molar-refractivity contribution in [1.82, 2.24) is 5.32 Å². The molecule has 0 bridgehead atoms. The molecular weight excluding hydrogens is 230 g/mol. The van der Waals surface area contributed by atoms with E-state index in [1.54, 1.807) is 0 Å². The van der Waals surface area contributed by atoms with E-state index in [4.69, 9.17) is 0 Å². The van der Waals surface area contributed by atoms with Crippen molar-refractivity contribution in [3.8, 4) is 0 Å². The number of nitrogens with one attached hydrogen (secondary N) is 1. The zero-order valence-electron chi connectivity index (χ0n) is 13.3. The second-order valence-corrected chi connectivity index (χ2v) is 5.81. The molecule has 0 aromatic heterocycles. The highest BCUT2D eigenvalue weighted by molar-refractivity contribution is 5.39. The molecule has 0 aliphatic rings. The van der Waals surface area contributed by atoms with Gasteiger partial charge < -0.3 is 5.32 Å². The highest BCUT2D eigenvalue weighted by atomic mass is 14.9. The molecule has 106 valence electrons. The van der Waals surface area contributed by atoms with Gasteiger partial charge in [0.2, 0.25) is 0 Å². The second-order valence-electron chi connectivity index (χ2n) is 5.81. The van der Waals surface area contributed by atoms with E-state index in [2.05, 4.69) is 58.6 Å². The number of allylic oxidation sites excluding steroid dienone is 1. The Kier molecular flexibility index (Phi) is 6.30. The summed E-state index contributed by atoms with van der Waals surface area (Å²) in [4.78, 5) is 0. The first-order valence-electron chi connectivity index (χ1n) is 7.41. The molecule has 1 aromatic carbocycles. The van der Waals surface area contributed by atoms with Crippen LogP contribution in [0.3, 0.4) is 0 Å². The Morgan fingerprint density at radius 1 is 1.21 bits per heavy atom. The van der Waals surface area contributed by atoms with E-state index in [1.165, 1.54) is 34.2 Å². The van der Waals surface area contributed by atoms with Crippen LogP contribution >= 0.6 is 0 Å². The van der Waals surface area contributed by atoms with Crippen LogP contribution in [0.25, 0.3) is 0 Å². The minimum atomic E-state index is 0.456. The number of benzene rings is 1. The van der Waals surface area contributed by atoms with Gasteiger partial charge in [-0.2, -0.15) is 0 Å². The van der Waals surface area contributed by atoms with Crippen LogP contribution in [0.2, 0.25) is 0 Å². The fraction of sp³-hybridized carbons (Fsp3) is 0.556. The molecule has 19 heavy (non-hydrogen) atoms. The lowest BCUT2D eigenvalue weighted by molar-refractivity contribution is 0.495. The summed E-state index contributed by atoms with van der Waals surface area (Å²) >= 11 is 0. The van der Waals surface area contributed by atoms with Gasteiger partial charge >= 0.3 is 0 Å². The first kappa shape index (κ1) is 16.0. The van der Waals surface area contributed by atoms with Crippen LogP contribution < -0.4 is 5.32 Å². The van der Waals surface area contributed by atoms with Crippen molar-refractivity contribution in [3.63, 3.8) is 0 Å². The lowest BCUT2D eigenvalue weighted by Gasteiger charge is -2.23. The third kappa shape index (κ3) is 4.83. The molecule has 1 unspecified atom stereocenters. The molecule has 0 aliphatic carbocycles. The van der Waals surface area contributed by atoms with Crippen molar-refractivity contribution in [2.45, 2.75) is 59.9 Å². The van der Waals surface area contributed by atoms with Gasteiger partial charge in [-0.3, -0.25) is 0 Å². The molecule has 1 heteroatoms. The Balaban J connectivity index is 2.98. The van der Waals surface area contributed by atoms with Gasteiger partial charge in [-0.1, -0.05) is 30.2 Å². The Labute approximate surface area is 119 Å². The zero-order valence-corrected chi connectivity index (χ0v) is 13.3. The van der Waals surface area contributed by atoms with Crippen molar-refractivity contribution in [1.29, 1.82) is 0 Å². The maximum absolute atomic E-state index is 4.03. The molecule has 0 aliphatic heterocycles. The summed E-state index contributed by atoms with van der Waals surface area (Å²) in [5.74, 6) is 0. The molecule has 0 amide bonds. The van der Waals surface area contributed by atoms with Gasteiger partial charge in [-0.15, -0.1) is 6.58 Å². The Bertz CT molecular complexity index is 408. The highest BCUT2D eigenvalue weighted by Crippen LogP contribution is 2.27. The largest absolute Gasteiger partial charge is 0.310 e. The van der Waals surface area contributed by atoms with Crippen LogP contribution in [-0.4, -0.2) is 6.54 Å². The zero-order chi connectivity index (χ0) is 14.4. The third-order valence-electron chi connectivity index (χ3n) is 3.59. The molecule has 0 heterocycles. The molecule has 0 fully saturated rings. The van der Waals surface area contributed by atoms with Crippen molar-refractivity contribution in [2.75, 3.05) is 6.54 Å². The first-order valence-corrected chi connectivity index (χ1v) is 7.41. The minimum Gasteiger partial charge on any atom is -0.310 e. The molecule has 1 N–H and O–H groups in total. The molecule has 1 rings (SSSR count). The fourth-order valence-corrected chi connectivity index (χ4v) is 2.80. The van der Waals surface area contributed by atoms with E-state index in [-0.39, 0.29) is 0 Å². The summed E-state index contributed by atoms with van der Waals surface area (Å²) in [5.41, 5.74) is 6.93. The van der Waals surface area contributed by atoms with Crippen LogP contribution in [0, 0.1) is 20.8 Å². The van der Waals surface area contributed by atoms with Gasteiger partial charge in [0.15, 0.2) is 0 Å². The summed E-state index contributed by atoms with van der Waals surface area (Å²) in [6.45, 7) is 16.1. The van der Waals surface area contributed by atoms with Crippen molar-refractivity contribution in [2.24, 2.45) is 0 Å². The summed E-state index contributed by atoms with van der Waals surface area (Å²) < 4.78 is 0. The molecule has 0 saturated carbocycles. The van der Waals surface area contributed by atoms with Crippen LogP contribution in [0.1, 0.15) is 61.4 Å². The summed E-state index contributed by atoms with van der Waals surface area (Å²) in [6.07, 6.45) is 3.40. The average Bonchev–Trinajstić information content (AvgIpc) is 2.30. The maximum atomic E-state index is 4.03. The molecule has 1 aromatic rings. The van der Waals surface area contributed by atoms with Gasteiger partial charge in [-0.05, 0) is 70.2 Å². The topological polar surface area (TPSA) is 12.0 Å². The number of hydrogen-bond acceptors (Lipinski definition) is 1. The maximum Gasteiger partial charge on any atom is 0.0328 e. The molecule has 1 nitrogen and oxygen atoms in total. The summed E-state index contributed by atoms with van der Waals surface area (Å²) in [5, 5.41) is 3.70. The fourth-order valence-electron chi connectivity index (χ4n) is 2.80. The van der Waals surface area contributed by atoms with Gasteiger partial charge in [0.25, 0.3) is 0 Å². The van der Waals surface area contributed by atoms with Crippen LogP contribution in [0.15, 0.2) is 24.3 Å². The quantitative estimate of drug-likeness (QED) is 0.679. The number of aryl methyl sites for hydroxylation is 3. The Morgan fingerprint density at radius 3 is 2.26 bits per heavy atom. The Morgan fingerprint density at radius 2 is 1.79 bits per heavy atom. The van der Waals surface area contributed by atoms with E-state index < -0.39 is 0 Å². The van der Waals surface area contributed by atoms with Gasteiger partial charge in [0.1, 0.15) is 0 Å².